The second-order valence-corrected chi connectivity index (χ2v) is 10.4. The number of nitrogens with one attached hydrogen (secondary N) is 1. The monoisotopic (exact) mass is 510 g/mol. The molecule has 0 unspecified atom stereocenters. The average Bonchev–Trinajstić information content (AvgIpc) is 2.92. The fourth-order valence-corrected chi connectivity index (χ4v) is 5.66. The number of amides is 1. The molecule has 3 aromatic rings. The van der Waals surface area contributed by atoms with Gasteiger partial charge < -0.3 is 19.5 Å². The van der Waals surface area contributed by atoms with Crippen LogP contribution >= 0.6 is 0 Å². The first-order valence-electron chi connectivity index (χ1n) is 11.7. The number of benzene rings is 3. The van der Waals surface area contributed by atoms with Crippen LogP contribution in [0.4, 0.5) is 5.69 Å². The summed E-state index contributed by atoms with van der Waals surface area (Å²) in [5.74, 6) is 0.814. The van der Waals surface area contributed by atoms with Crippen molar-refractivity contribution in [3.05, 3.63) is 78.4 Å². The maximum Gasteiger partial charge on any atom is 0.243 e. The van der Waals surface area contributed by atoms with Crippen LogP contribution in [0, 0.1) is 5.92 Å². The van der Waals surface area contributed by atoms with E-state index in [-0.39, 0.29) is 17.3 Å². The standard InChI is InChI=1S/C27H30N2O6S/c1-33-25-15-14-24(17-26(25)34-2)36(31,32)29-16-6-9-21(18-29)27(30)28-22-10-12-23(13-11-22)35-19-20-7-4-3-5-8-20/h3-5,7-8,10-15,17,21H,6,9,16,18-19H2,1-2H3,(H,28,30)/t21-/m1/s1. The number of carbonyl (C=O) groups is 1. The first-order valence-corrected chi connectivity index (χ1v) is 13.1. The van der Waals surface area contributed by atoms with Gasteiger partial charge in [-0.1, -0.05) is 30.3 Å². The normalized spacial score (nSPS) is 16.2. The summed E-state index contributed by atoms with van der Waals surface area (Å²) in [6.45, 7) is 0.924. The van der Waals surface area contributed by atoms with E-state index >= 15 is 0 Å². The number of carbonyl (C=O) groups excluding carboxylic acids is 1. The summed E-state index contributed by atoms with van der Waals surface area (Å²) in [7, 11) is -0.845. The first kappa shape index (κ1) is 25.5. The van der Waals surface area contributed by atoms with Gasteiger partial charge in [-0.05, 0) is 54.8 Å². The molecule has 190 valence electrons. The molecule has 1 saturated heterocycles. The molecule has 1 N–H and O–H groups in total. The number of ether oxygens (including phenoxy) is 3. The van der Waals surface area contributed by atoms with Crippen LogP contribution in [0.25, 0.3) is 0 Å². The second kappa shape index (κ2) is 11.5. The van der Waals surface area contributed by atoms with Gasteiger partial charge in [-0.2, -0.15) is 4.31 Å². The number of methoxy groups -OCH3 is 2. The minimum Gasteiger partial charge on any atom is -0.493 e. The molecule has 36 heavy (non-hydrogen) atoms. The summed E-state index contributed by atoms with van der Waals surface area (Å²) in [5, 5.41) is 2.91. The molecule has 1 fully saturated rings. The Hall–Kier alpha value is -3.56. The molecule has 1 aliphatic heterocycles. The van der Waals surface area contributed by atoms with Crippen molar-refractivity contribution in [1.29, 1.82) is 0 Å². The van der Waals surface area contributed by atoms with Gasteiger partial charge >= 0.3 is 0 Å². The van der Waals surface area contributed by atoms with Crippen LogP contribution in [0.2, 0.25) is 0 Å². The number of sulfonamides is 1. The fourth-order valence-electron chi connectivity index (χ4n) is 4.12. The van der Waals surface area contributed by atoms with Crippen LogP contribution < -0.4 is 19.5 Å². The van der Waals surface area contributed by atoms with Gasteiger partial charge in [-0.3, -0.25) is 4.79 Å². The molecule has 0 bridgehead atoms. The maximum atomic E-state index is 13.3. The van der Waals surface area contributed by atoms with E-state index in [0.29, 0.717) is 48.9 Å². The van der Waals surface area contributed by atoms with Crippen LogP contribution in [-0.2, 0) is 21.4 Å². The summed E-state index contributed by atoms with van der Waals surface area (Å²) >= 11 is 0. The predicted molar refractivity (Wildman–Crippen MR) is 137 cm³/mol. The van der Waals surface area contributed by atoms with Gasteiger partial charge in [0.2, 0.25) is 15.9 Å². The molecule has 1 amide bonds. The lowest BCUT2D eigenvalue weighted by molar-refractivity contribution is -0.120. The quantitative estimate of drug-likeness (QED) is 0.461. The van der Waals surface area contributed by atoms with Crippen LogP contribution in [0.3, 0.4) is 0 Å². The lowest BCUT2D eigenvalue weighted by atomic mass is 9.99. The van der Waals surface area contributed by atoms with E-state index in [9.17, 15) is 13.2 Å². The summed E-state index contributed by atoms with van der Waals surface area (Å²) in [6.07, 6.45) is 1.21. The fraction of sp³-hybridized carbons (Fsp3) is 0.296. The third-order valence-corrected chi connectivity index (χ3v) is 7.98. The van der Waals surface area contributed by atoms with E-state index in [0.717, 1.165) is 5.56 Å². The molecule has 0 aliphatic carbocycles. The van der Waals surface area contributed by atoms with Crippen LogP contribution in [0.1, 0.15) is 18.4 Å². The molecule has 9 heteroatoms. The third kappa shape index (κ3) is 5.98. The lowest BCUT2D eigenvalue weighted by Gasteiger charge is -2.31. The highest BCUT2D eigenvalue weighted by Crippen LogP contribution is 2.32. The number of anilines is 1. The van der Waals surface area contributed by atoms with Gasteiger partial charge in [0, 0.05) is 24.8 Å². The van der Waals surface area contributed by atoms with Crippen LogP contribution in [-0.4, -0.2) is 45.9 Å². The third-order valence-electron chi connectivity index (χ3n) is 6.12. The van der Waals surface area contributed by atoms with Crippen molar-refractivity contribution in [3.8, 4) is 17.2 Å². The summed E-state index contributed by atoms with van der Waals surface area (Å²) in [5.41, 5.74) is 1.70. The van der Waals surface area contributed by atoms with Crippen molar-refractivity contribution in [2.45, 2.75) is 24.3 Å². The van der Waals surface area contributed by atoms with Gasteiger partial charge in [0.15, 0.2) is 11.5 Å². The number of hydrogen-bond acceptors (Lipinski definition) is 6. The first-order chi connectivity index (χ1) is 17.4. The van der Waals surface area contributed by atoms with Gasteiger partial charge in [-0.15, -0.1) is 0 Å². The van der Waals surface area contributed by atoms with E-state index in [1.165, 1.54) is 30.7 Å². The molecule has 0 spiro atoms. The Labute approximate surface area is 211 Å². The molecule has 1 aliphatic rings. The highest BCUT2D eigenvalue weighted by molar-refractivity contribution is 7.89. The lowest BCUT2D eigenvalue weighted by Crippen LogP contribution is -2.43. The van der Waals surface area contributed by atoms with Gasteiger partial charge in [0.05, 0.1) is 25.0 Å². The van der Waals surface area contributed by atoms with E-state index in [1.54, 1.807) is 30.3 Å². The Bertz CT molecular complexity index is 1280. The van der Waals surface area contributed by atoms with E-state index in [2.05, 4.69) is 5.32 Å². The summed E-state index contributed by atoms with van der Waals surface area (Å²) < 4.78 is 44.1. The Balaban J connectivity index is 1.37. The zero-order chi connectivity index (χ0) is 25.5. The van der Waals surface area contributed by atoms with Crippen LogP contribution in [0.15, 0.2) is 77.7 Å². The average molecular weight is 511 g/mol. The topological polar surface area (TPSA) is 94.2 Å². The van der Waals surface area contributed by atoms with Crippen molar-refractivity contribution < 1.29 is 27.4 Å². The Kier molecular flexibility index (Phi) is 8.12. The molecule has 8 nitrogen and oxygen atoms in total. The van der Waals surface area contributed by atoms with Crippen molar-refractivity contribution in [2.24, 2.45) is 5.92 Å². The van der Waals surface area contributed by atoms with Crippen molar-refractivity contribution >= 4 is 21.6 Å². The molecular formula is C27H30N2O6S. The maximum absolute atomic E-state index is 13.3. The number of piperidine rings is 1. The van der Waals surface area contributed by atoms with Gasteiger partial charge in [0.25, 0.3) is 0 Å². The number of rotatable bonds is 9. The second-order valence-electron chi connectivity index (χ2n) is 8.51. The molecule has 0 aromatic heterocycles. The smallest absolute Gasteiger partial charge is 0.243 e. The largest absolute Gasteiger partial charge is 0.493 e. The zero-order valence-electron chi connectivity index (χ0n) is 20.3. The molecular weight excluding hydrogens is 480 g/mol. The molecule has 0 saturated carbocycles. The van der Waals surface area contributed by atoms with Gasteiger partial charge in [-0.25, -0.2) is 8.42 Å². The van der Waals surface area contributed by atoms with E-state index < -0.39 is 15.9 Å². The van der Waals surface area contributed by atoms with Crippen molar-refractivity contribution in [3.63, 3.8) is 0 Å². The predicted octanol–water partition coefficient (Wildman–Crippen LogP) is 4.32. The summed E-state index contributed by atoms with van der Waals surface area (Å²) in [6, 6.07) is 21.5. The minimum atomic E-state index is -3.79. The zero-order valence-corrected chi connectivity index (χ0v) is 21.2. The van der Waals surface area contributed by atoms with Crippen molar-refractivity contribution in [1.82, 2.24) is 4.31 Å². The molecule has 1 atom stereocenters. The SMILES string of the molecule is COc1ccc(S(=O)(=O)N2CCC[C@@H](C(=O)Nc3ccc(OCc4ccccc4)cc3)C2)cc1OC. The Morgan fingerprint density at radius 2 is 1.69 bits per heavy atom. The highest BCUT2D eigenvalue weighted by atomic mass is 32.2. The van der Waals surface area contributed by atoms with Gasteiger partial charge in [0.1, 0.15) is 12.4 Å². The molecule has 1 heterocycles. The van der Waals surface area contributed by atoms with Crippen LogP contribution in [0.5, 0.6) is 17.2 Å². The molecule has 3 aromatic carbocycles. The Morgan fingerprint density at radius 1 is 0.972 bits per heavy atom. The number of hydrogen-bond donors (Lipinski definition) is 1. The Morgan fingerprint density at radius 3 is 2.39 bits per heavy atom. The van der Waals surface area contributed by atoms with E-state index in [1.807, 2.05) is 30.3 Å². The minimum absolute atomic E-state index is 0.104. The van der Waals surface area contributed by atoms with E-state index in [4.69, 9.17) is 14.2 Å². The summed E-state index contributed by atoms with van der Waals surface area (Å²) in [4.78, 5) is 13.1. The molecule has 4 rings (SSSR count). The molecule has 0 radical (unpaired) electrons. The van der Waals surface area contributed by atoms with Crippen molar-refractivity contribution in [2.75, 3.05) is 32.6 Å². The highest BCUT2D eigenvalue weighted by Gasteiger charge is 2.33. The number of nitrogens with zero attached hydrogens (tertiary/aromatic N) is 1.